The van der Waals surface area contributed by atoms with E-state index in [1.165, 1.54) is 6.92 Å². The first kappa shape index (κ1) is 9.93. The van der Waals surface area contributed by atoms with E-state index < -0.39 is 0 Å². The minimum atomic E-state index is -0.252. The maximum Gasteiger partial charge on any atom is 0.234 e. The Hall–Kier alpha value is -0.198. The average molecular weight is 271 g/mol. The molecule has 0 spiro atoms. The molecule has 0 fully saturated rings. The van der Waals surface area contributed by atoms with Crippen LogP contribution in [-0.4, -0.2) is 12.6 Å². The number of amides is 1. The van der Waals surface area contributed by atoms with Crippen LogP contribution in [0.25, 0.3) is 0 Å². The van der Waals surface area contributed by atoms with Gasteiger partial charge in [0.15, 0.2) is 0 Å². The van der Waals surface area contributed by atoms with E-state index in [1.807, 2.05) is 5.43 Å². The molecule has 0 bridgehead atoms. The molecule has 0 aromatic heterocycles. The molecule has 7 heavy (non-hydrogen) atoms. The predicted molar refractivity (Wildman–Crippen MR) is 22.3 cm³/mol. The topological polar surface area (TPSA) is 41.5 Å². The first-order chi connectivity index (χ1) is 2.77. The second-order valence-electron chi connectivity index (χ2n) is 0.797. The van der Waals surface area contributed by atoms with Crippen LogP contribution >= 0.6 is 0 Å². The quantitative estimate of drug-likeness (QED) is 0.394. The van der Waals surface area contributed by atoms with Crippen LogP contribution in [-0.2, 0) is 25.2 Å². The van der Waals surface area contributed by atoms with Crippen molar-refractivity contribution < 1.29 is 25.2 Å². The SMILES string of the molecule is [CH-]=NNC(C)=O.[Re]. The fraction of sp³-hybridized carbons (Fsp3) is 0.333. The third kappa shape index (κ3) is 10.7. The smallest absolute Gasteiger partial charge is 0.234 e. The monoisotopic (exact) mass is 272 g/mol. The summed E-state index contributed by atoms with van der Waals surface area (Å²) in [5.41, 5.74) is 1.97. The number of hydrazone groups is 1. The van der Waals surface area contributed by atoms with E-state index in [9.17, 15) is 4.79 Å². The van der Waals surface area contributed by atoms with Gasteiger partial charge in [0.25, 0.3) is 0 Å². The Labute approximate surface area is 55.8 Å². The summed E-state index contributed by atoms with van der Waals surface area (Å²) in [7, 11) is 0. The van der Waals surface area contributed by atoms with Gasteiger partial charge in [-0.3, -0.25) is 10.2 Å². The molecular weight excluding hydrogens is 266 g/mol. The summed E-state index contributed by atoms with van der Waals surface area (Å²) in [6.45, 7) is 5.85. The number of carbonyl (C=O) groups excluding carboxylic acids is 1. The summed E-state index contributed by atoms with van der Waals surface area (Å²) in [6.07, 6.45) is 0. The summed E-state index contributed by atoms with van der Waals surface area (Å²) < 4.78 is 0. The van der Waals surface area contributed by atoms with E-state index >= 15 is 0 Å². The molecule has 0 saturated carbocycles. The Morgan fingerprint density at radius 1 is 1.86 bits per heavy atom. The molecule has 4 heteroatoms. The van der Waals surface area contributed by atoms with Gasteiger partial charge in [0.2, 0.25) is 5.91 Å². The van der Waals surface area contributed by atoms with Crippen molar-refractivity contribution in [2.45, 2.75) is 6.92 Å². The van der Waals surface area contributed by atoms with Gasteiger partial charge in [0, 0.05) is 27.3 Å². The molecule has 0 rings (SSSR count). The number of hydrogen-bond acceptors (Lipinski definition) is 2. The van der Waals surface area contributed by atoms with E-state index in [2.05, 4.69) is 11.8 Å². The van der Waals surface area contributed by atoms with Gasteiger partial charge in [-0.15, -0.1) is 0 Å². The van der Waals surface area contributed by atoms with Gasteiger partial charge >= 0.3 is 0 Å². The summed E-state index contributed by atoms with van der Waals surface area (Å²) in [5, 5.41) is 2.84. The summed E-state index contributed by atoms with van der Waals surface area (Å²) in [4.78, 5) is 9.76. The third-order valence-electron chi connectivity index (χ3n) is 0.222. The van der Waals surface area contributed by atoms with Gasteiger partial charge in [-0.05, 0) is 0 Å². The van der Waals surface area contributed by atoms with E-state index in [0.29, 0.717) is 0 Å². The van der Waals surface area contributed by atoms with Crippen molar-refractivity contribution in [3.8, 4) is 0 Å². The predicted octanol–water partition coefficient (Wildman–Crippen LogP) is -0.387. The second kappa shape index (κ2) is 5.80. The van der Waals surface area contributed by atoms with Gasteiger partial charge in [-0.25, -0.2) is 0 Å². The zero-order chi connectivity index (χ0) is 4.99. The minimum absolute atomic E-state index is 0. The molecule has 3 nitrogen and oxygen atoms in total. The van der Waals surface area contributed by atoms with Crippen molar-refractivity contribution in [2.24, 2.45) is 5.10 Å². The van der Waals surface area contributed by atoms with Crippen LogP contribution < -0.4 is 5.43 Å². The van der Waals surface area contributed by atoms with Crippen molar-refractivity contribution in [2.75, 3.05) is 0 Å². The van der Waals surface area contributed by atoms with Gasteiger partial charge in [0.05, 0.1) is 0 Å². The largest absolute Gasteiger partial charge is 0.401 e. The fourth-order valence-electron chi connectivity index (χ4n) is 0.0909. The number of hydrogen-bond donors (Lipinski definition) is 1. The Morgan fingerprint density at radius 2 is 2.29 bits per heavy atom. The van der Waals surface area contributed by atoms with Gasteiger partial charge in [-0.1, -0.05) is 0 Å². The molecule has 0 unspecified atom stereocenters. The van der Waals surface area contributed by atoms with Crippen LogP contribution in [0.2, 0.25) is 0 Å². The molecule has 0 aromatic carbocycles. The summed E-state index contributed by atoms with van der Waals surface area (Å²) in [6, 6.07) is 0. The molecule has 0 aliphatic carbocycles. The summed E-state index contributed by atoms with van der Waals surface area (Å²) >= 11 is 0. The van der Waals surface area contributed by atoms with Gasteiger partial charge < -0.3 is 11.8 Å². The van der Waals surface area contributed by atoms with Crippen molar-refractivity contribution in [1.29, 1.82) is 0 Å². The number of nitrogens with zero attached hydrogens (tertiary/aromatic N) is 1. The second-order valence-corrected chi connectivity index (χ2v) is 0.797. The van der Waals surface area contributed by atoms with Crippen molar-refractivity contribution >= 4 is 12.6 Å². The minimum Gasteiger partial charge on any atom is -0.401 e. The van der Waals surface area contributed by atoms with Gasteiger partial charge in [-0.2, -0.15) is 0 Å². The normalized spacial score (nSPS) is 5.86. The Bertz CT molecular complexity index is 73.3. The number of carbonyl (C=O) groups is 1. The Balaban J connectivity index is 0. The van der Waals surface area contributed by atoms with Crippen molar-refractivity contribution in [3.63, 3.8) is 0 Å². The van der Waals surface area contributed by atoms with Crippen LogP contribution in [0.5, 0.6) is 0 Å². The standard InChI is InChI=1S/C3H5N2O.Re/c1-3(6)5-4-2;/h2H,1H3,(H,5,6);/q-1;. The first-order valence-electron chi connectivity index (χ1n) is 1.44. The number of nitrogens with one attached hydrogen (secondary N) is 1. The van der Waals surface area contributed by atoms with Crippen LogP contribution in [0.3, 0.4) is 0 Å². The number of rotatable bonds is 1. The third-order valence-corrected chi connectivity index (χ3v) is 0.222. The fourth-order valence-corrected chi connectivity index (χ4v) is 0.0909. The Kier molecular flexibility index (Phi) is 8.23. The first-order valence-corrected chi connectivity index (χ1v) is 1.44. The molecule has 1 radical (unpaired) electrons. The molecule has 0 saturated heterocycles. The molecule has 0 aliphatic rings. The van der Waals surface area contributed by atoms with Crippen molar-refractivity contribution in [1.82, 2.24) is 5.43 Å². The van der Waals surface area contributed by atoms with Crippen LogP contribution in [0, 0.1) is 0 Å². The van der Waals surface area contributed by atoms with E-state index in [-0.39, 0.29) is 26.3 Å². The van der Waals surface area contributed by atoms with E-state index in [0.717, 1.165) is 0 Å². The molecule has 0 aliphatic heterocycles. The summed E-state index contributed by atoms with van der Waals surface area (Å²) in [5.74, 6) is -0.252. The maximum atomic E-state index is 9.76. The van der Waals surface area contributed by atoms with Crippen molar-refractivity contribution in [3.05, 3.63) is 0 Å². The zero-order valence-electron chi connectivity index (χ0n) is 3.81. The van der Waals surface area contributed by atoms with Crippen LogP contribution in [0.15, 0.2) is 5.10 Å². The molecule has 41 valence electrons. The molecule has 0 heterocycles. The zero-order valence-corrected chi connectivity index (χ0v) is 6.53. The maximum absolute atomic E-state index is 9.76. The average Bonchev–Trinajstić information content (AvgIpc) is 1.35. The van der Waals surface area contributed by atoms with E-state index in [1.54, 1.807) is 0 Å². The van der Waals surface area contributed by atoms with Crippen LogP contribution in [0.4, 0.5) is 0 Å². The molecule has 0 atom stereocenters. The van der Waals surface area contributed by atoms with E-state index in [4.69, 9.17) is 0 Å². The molecule has 1 amide bonds. The van der Waals surface area contributed by atoms with Gasteiger partial charge in [0.1, 0.15) is 0 Å². The molecule has 1 N–H and O–H groups in total. The molecular formula is C3H5N2ORe-. The Morgan fingerprint density at radius 3 is 2.29 bits per heavy atom. The molecule has 0 aromatic rings. The van der Waals surface area contributed by atoms with Crippen LogP contribution in [0.1, 0.15) is 6.92 Å².